The summed E-state index contributed by atoms with van der Waals surface area (Å²) in [6, 6.07) is 1.14. The van der Waals surface area contributed by atoms with Crippen LogP contribution >= 0.6 is 11.3 Å². The van der Waals surface area contributed by atoms with Gasteiger partial charge in [-0.25, -0.2) is 4.98 Å². The summed E-state index contributed by atoms with van der Waals surface area (Å²) in [5, 5.41) is 1.09. The minimum Gasteiger partial charge on any atom is -0.469 e. The summed E-state index contributed by atoms with van der Waals surface area (Å²) >= 11 is 1.70. The molecular formula is C13H20N2O2S. The lowest BCUT2D eigenvalue weighted by molar-refractivity contribution is -0.140. The third-order valence-electron chi connectivity index (χ3n) is 3.52. The molecule has 0 radical (unpaired) electrons. The fourth-order valence-electron chi connectivity index (χ4n) is 2.43. The van der Waals surface area contributed by atoms with Crippen molar-refractivity contribution in [1.82, 2.24) is 4.98 Å². The van der Waals surface area contributed by atoms with Crippen LogP contribution in [0.3, 0.4) is 0 Å². The molecule has 2 atom stereocenters. The number of anilines is 1. The quantitative estimate of drug-likeness (QED) is 0.787. The van der Waals surface area contributed by atoms with E-state index in [0.717, 1.165) is 16.4 Å². The van der Waals surface area contributed by atoms with E-state index in [1.54, 1.807) is 11.3 Å². The van der Waals surface area contributed by atoms with E-state index in [0.29, 0.717) is 18.5 Å². The maximum Gasteiger partial charge on any atom is 0.305 e. The van der Waals surface area contributed by atoms with Crippen molar-refractivity contribution in [3.8, 4) is 0 Å². The van der Waals surface area contributed by atoms with Gasteiger partial charge in [-0.15, -0.1) is 11.3 Å². The number of aryl methyl sites for hydroxylation is 1. The summed E-state index contributed by atoms with van der Waals surface area (Å²) in [5.41, 5.74) is 0. The molecule has 5 heteroatoms. The van der Waals surface area contributed by atoms with Gasteiger partial charge < -0.3 is 9.64 Å². The molecule has 1 aliphatic heterocycles. The average Bonchev–Trinajstić information content (AvgIpc) is 2.93. The van der Waals surface area contributed by atoms with E-state index < -0.39 is 0 Å². The number of ether oxygens (including phenoxy) is 1. The van der Waals surface area contributed by atoms with Crippen LogP contribution in [-0.4, -0.2) is 30.1 Å². The summed E-state index contributed by atoms with van der Waals surface area (Å²) < 4.78 is 4.65. The molecule has 100 valence electrons. The zero-order chi connectivity index (χ0) is 13.1. The number of esters is 1. The molecule has 1 aromatic heterocycles. The molecule has 2 heterocycles. The first-order chi connectivity index (χ1) is 8.61. The second kappa shape index (κ2) is 5.69. The Bertz CT molecular complexity index is 409. The van der Waals surface area contributed by atoms with Crippen molar-refractivity contribution in [2.75, 3.05) is 12.0 Å². The third-order valence-corrected chi connectivity index (χ3v) is 4.59. The van der Waals surface area contributed by atoms with Crippen molar-refractivity contribution in [1.29, 1.82) is 0 Å². The number of nitrogens with zero attached hydrogens (tertiary/aromatic N) is 2. The highest BCUT2D eigenvalue weighted by Gasteiger charge is 2.29. The van der Waals surface area contributed by atoms with E-state index in [9.17, 15) is 4.79 Å². The molecule has 0 spiro atoms. The number of hydrogen-bond donors (Lipinski definition) is 0. The smallest absolute Gasteiger partial charge is 0.305 e. The summed E-state index contributed by atoms with van der Waals surface area (Å²) in [6.45, 7) is 4.50. The normalized spacial score (nSPS) is 23.4. The van der Waals surface area contributed by atoms with Crippen molar-refractivity contribution in [2.45, 2.75) is 51.6 Å². The highest BCUT2D eigenvalue weighted by atomic mass is 32.1. The molecule has 1 saturated heterocycles. The molecule has 0 saturated carbocycles. The van der Waals surface area contributed by atoms with Gasteiger partial charge >= 0.3 is 5.97 Å². The topological polar surface area (TPSA) is 42.4 Å². The van der Waals surface area contributed by atoms with Gasteiger partial charge in [0.2, 0.25) is 0 Å². The molecule has 0 N–H and O–H groups in total. The molecule has 0 aromatic carbocycles. The Morgan fingerprint density at radius 2 is 2.17 bits per heavy atom. The zero-order valence-corrected chi connectivity index (χ0v) is 12.0. The minimum absolute atomic E-state index is 0.159. The number of aromatic nitrogens is 1. The summed E-state index contributed by atoms with van der Waals surface area (Å²) in [6.07, 6.45) is 5.52. The Morgan fingerprint density at radius 1 is 1.50 bits per heavy atom. The molecule has 0 unspecified atom stereocenters. The standard InChI is InChI=1S/C13H20N2O2S/c1-9-4-5-10(2)15(9)13-14-8-11(18-13)6-7-12(16)17-3/h8-10H,4-7H2,1-3H3/t9-,10-/m0/s1. The van der Waals surface area contributed by atoms with Crippen LogP contribution in [0.15, 0.2) is 6.20 Å². The SMILES string of the molecule is COC(=O)CCc1cnc(N2[C@@H](C)CC[C@@H]2C)s1. The third kappa shape index (κ3) is 2.83. The maximum absolute atomic E-state index is 11.1. The van der Waals surface area contributed by atoms with E-state index in [-0.39, 0.29) is 5.97 Å². The van der Waals surface area contributed by atoms with Gasteiger partial charge in [-0.1, -0.05) is 0 Å². The van der Waals surface area contributed by atoms with Crippen LogP contribution in [-0.2, 0) is 16.0 Å². The largest absolute Gasteiger partial charge is 0.469 e. The van der Waals surface area contributed by atoms with Crippen molar-refractivity contribution >= 4 is 22.4 Å². The molecule has 0 bridgehead atoms. The molecule has 1 aromatic rings. The van der Waals surface area contributed by atoms with Crippen molar-refractivity contribution in [3.05, 3.63) is 11.1 Å². The van der Waals surface area contributed by atoms with Crippen LogP contribution < -0.4 is 4.90 Å². The van der Waals surface area contributed by atoms with Gasteiger partial charge in [0.15, 0.2) is 5.13 Å². The Morgan fingerprint density at radius 3 is 2.78 bits per heavy atom. The van der Waals surface area contributed by atoms with E-state index in [2.05, 4.69) is 28.5 Å². The summed E-state index contributed by atoms with van der Waals surface area (Å²) in [5.74, 6) is -0.159. The van der Waals surface area contributed by atoms with Crippen LogP contribution in [0.1, 0.15) is 38.0 Å². The average molecular weight is 268 g/mol. The molecule has 18 heavy (non-hydrogen) atoms. The molecule has 0 amide bonds. The Labute approximate surface area is 112 Å². The Hall–Kier alpha value is -1.10. The number of carbonyl (C=O) groups excluding carboxylic acids is 1. The van der Waals surface area contributed by atoms with Crippen LogP contribution in [0.5, 0.6) is 0 Å². The van der Waals surface area contributed by atoms with Gasteiger partial charge in [-0.3, -0.25) is 4.79 Å². The molecule has 1 fully saturated rings. The first-order valence-electron chi connectivity index (χ1n) is 6.41. The first kappa shape index (κ1) is 13.3. The van der Waals surface area contributed by atoms with Gasteiger partial charge in [0.25, 0.3) is 0 Å². The van der Waals surface area contributed by atoms with E-state index >= 15 is 0 Å². The number of carbonyl (C=O) groups is 1. The van der Waals surface area contributed by atoms with Gasteiger partial charge in [0.05, 0.1) is 13.5 Å². The van der Waals surface area contributed by atoms with Crippen LogP contribution in [0.4, 0.5) is 5.13 Å². The fraction of sp³-hybridized carbons (Fsp3) is 0.692. The number of hydrogen-bond acceptors (Lipinski definition) is 5. The molecule has 2 rings (SSSR count). The van der Waals surface area contributed by atoms with Gasteiger partial charge in [-0.05, 0) is 33.1 Å². The fourth-order valence-corrected chi connectivity index (χ4v) is 3.55. The number of methoxy groups -OCH3 is 1. The second-order valence-electron chi connectivity index (χ2n) is 4.87. The zero-order valence-electron chi connectivity index (χ0n) is 11.2. The number of thiazole rings is 1. The highest BCUT2D eigenvalue weighted by Crippen LogP contribution is 2.33. The molecule has 1 aliphatic rings. The van der Waals surface area contributed by atoms with Crippen LogP contribution in [0.25, 0.3) is 0 Å². The lowest BCUT2D eigenvalue weighted by Crippen LogP contribution is -2.32. The minimum atomic E-state index is -0.159. The Kier molecular flexibility index (Phi) is 4.22. The molecule has 4 nitrogen and oxygen atoms in total. The first-order valence-corrected chi connectivity index (χ1v) is 7.23. The lowest BCUT2D eigenvalue weighted by Gasteiger charge is -2.25. The molecular weight excluding hydrogens is 248 g/mol. The lowest BCUT2D eigenvalue weighted by atomic mass is 10.2. The maximum atomic E-state index is 11.1. The summed E-state index contributed by atoms with van der Waals surface area (Å²) in [4.78, 5) is 19.1. The van der Waals surface area contributed by atoms with Crippen molar-refractivity contribution < 1.29 is 9.53 Å². The van der Waals surface area contributed by atoms with Gasteiger partial charge in [0, 0.05) is 23.2 Å². The van der Waals surface area contributed by atoms with Crippen molar-refractivity contribution in [3.63, 3.8) is 0 Å². The predicted octanol–water partition coefficient (Wildman–Crippen LogP) is 2.63. The van der Waals surface area contributed by atoms with Gasteiger partial charge in [0.1, 0.15) is 0 Å². The highest BCUT2D eigenvalue weighted by molar-refractivity contribution is 7.15. The van der Waals surface area contributed by atoms with E-state index in [1.165, 1.54) is 20.0 Å². The van der Waals surface area contributed by atoms with E-state index in [1.807, 2.05) is 6.20 Å². The van der Waals surface area contributed by atoms with Crippen LogP contribution in [0, 0.1) is 0 Å². The monoisotopic (exact) mass is 268 g/mol. The van der Waals surface area contributed by atoms with Crippen molar-refractivity contribution in [2.24, 2.45) is 0 Å². The predicted molar refractivity (Wildman–Crippen MR) is 73.1 cm³/mol. The number of rotatable bonds is 4. The second-order valence-corrected chi connectivity index (χ2v) is 5.96. The molecule has 0 aliphatic carbocycles. The Balaban J connectivity index is 1.99. The van der Waals surface area contributed by atoms with Gasteiger partial charge in [-0.2, -0.15) is 0 Å². The summed E-state index contributed by atoms with van der Waals surface area (Å²) in [7, 11) is 1.42. The van der Waals surface area contributed by atoms with E-state index in [4.69, 9.17) is 0 Å². The van der Waals surface area contributed by atoms with Crippen LogP contribution in [0.2, 0.25) is 0 Å².